The predicted octanol–water partition coefficient (Wildman–Crippen LogP) is 2.06. The molecule has 1 aromatic carbocycles. The first-order valence-corrected chi connectivity index (χ1v) is 6.72. The quantitative estimate of drug-likeness (QED) is 0.856. The highest BCUT2D eigenvalue weighted by atomic mass is 19.1. The minimum absolute atomic E-state index is 0.0936. The van der Waals surface area contributed by atoms with Crippen molar-refractivity contribution in [3.8, 4) is 0 Å². The van der Waals surface area contributed by atoms with E-state index < -0.39 is 17.7 Å². The van der Waals surface area contributed by atoms with Crippen LogP contribution in [0.4, 0.5) is 4.39 Å². The molecule has 2 bridgehead atoms. The number of aliphatic carboxylic acids is 1. The molecule has 2 unspecified atom stereocenters. The fourth-order valence-electron chi connectivity index (χ4n) is 3.50. The van der Waals surface area contributed by atoms with Gasteiger partial charge in [-0.15, -0.1) is 0 Å². The van der Waals surface area contributed by atoms with Crippen molar-refractivity contribution in [1.82, 2.24) is 0 Å². The molecule has 0 spiro atoms. The van der Waals surface area contributed by atoms with Gasteiger partial charge in [0.15, 0.2) is 0 Å². The lowest BCUT2D eigenvalue weighted by Crippen LogP contribution is -2.34. The number of halogens is 1. The number of carbonyl (C=O) groups excluding carboxylic acids is 1. The Labute approximate surface area is 115 Å². The van der Waals surface area contributed by atoms with Crippen LogP contribution in [-0.2, 0) is 16.0 Å². The number of carbonyl (C=O) groups is 2. The van der Waals surface area contributed by atoms with Gasteiger partial charge in [0.25, 0.3) is 0 Å². The Hall–Kier alpha value is -1.75. The zero-order valence-electron chi connectivity index (χ0n) is 10.8. The highest BCUT2D eigenvalue weighted by Gasteiger charge is 2.52. The van der Waals surface area contributed by atoms with Crippen LogP contribution >= 0.6 is 0 Å². The normalized spacial score (nSPS) is 31.4. The molecule has 0 amide bonds. The molecule has 0 radical (unpaired) electrons. The topological polar surface area (TPSA) is 63.6 Å². The predicted molar refractivity (Wildman–Crippen MR) is 68.0 cm³/mol. The van der Waals surface area contributed by atoms with Gasteiger partial charge in [0.05, 0.1) is 18.1 Å². The summed E-state index contributed by atoms with van der Waals surface area (Å²) in [6, 6.07) is 3.98. The van der Waals surface area contributed by atoms with Crippen LogP contribution in [0.1, 0.15) is 28.8 Å². The standard InChI is InChI=1S/C15H15FO4/c16-10-2-1-8(7-17)9(5-10)6-11-12-3-4-13(20-12)14(11)15(18)19/h1-2,5,7,11-14H,3-4,6H2,(H,18,19)/t11-,12?,13?,14+/m0/s1. The monoisotopic (exact) mass is 278 g/mol. The van der Waals surface area contributed by atoms with Crippen molar-refractivity contribution in [1.29, 1.82) is 0 Å². The first kappa shape index (κ1) is 13.2. The van der Waals surface area contributed by atoms with Gasteiger partial charge in [-0.05, 0) is 43.0 Å². The molecule has 2 fully saturated rings. The summed E-state index contributed by atoms with van der Waals surface area (Å²) in [6.45, 7) is 0. The third-order valence-corrected chi connectivity index (χ3v) is 4.40. The largest absolute Gasteiger partial charge is 0.481 e. The molecule has 20 heavy (non-hydrogen) atoms. The van der Waals surface area contributed by atoms with E-state index in [1.54, 1.807) is 0 Å². The molecule has 2 aliphatic rings. The molecular formula is C15H15FO4. The highest BCUT2D eigenvalue weighted by molar-refractivity contribution is 5.77. The fraction of sp³-hybridized carbons (Fsp3) is 0.467. The average molecular weight is 278 g/mol. The van der Waals surface area contributed by atoms with Gasteiger partial charge in [-0.2, -0.15) is 0 Å². The van der Waals surface area contributed by atoms with Crippen LogP contribution in [0, 0.1) is 17.7 Å². The second-order valence-corrected chi connectivity index (χ2v) is 5.48. The first-order chi connectivity index (χ1) is 9.60. The fourth-order valence-corrected chi connectivity index (χ4v) is 3.50. The minimum atomic E-state index is -0.869. The lowest BCUT2D eigenvalue weighted by atomic mass is 9.76. The summed E-state index contributed by atoms with van der Waals surface area (Å²) in [4.78, 5) is 22.4. The molecule has 4 nitrogen and oxygen atoms in total. The molecule has 1 N–H and O–H groups in total. The number of hydrogen-bond donors (Lipinski definition) is 1. The molecule has 2 aliphatic heterocycles. The Morgan fingerprint density at radius 2 is 2.15 bits per heavy atom. The second kappa shape index (κ2) is 4.98. The Morgan fingerprint density at radius 1 is 1.40 bits per heavy atom. The summed E-state index contributed by atoms with van der Waals surface area (Å²) in [5.41, 5.74) is 0.978. The van der Waals surface area contributed by atoms with Crippen molar-refractivity contribution in [2.75, 3.05) is 0 Å². The third-order valence-electron chi connectivity index (χ3n) is 4.40. The smallest absolute Gasteiger partial charge is 0.309 e. The van der Waals surface area contributed by atoms with Gasteiger partial charge in [0.2, 0.25) is 0 Å². The van der Waals surface area contributed by atoms with Crippen molar-refractivity contribution in [2.45, 2.75) is 31.5 Å². The van der Waals surface area contributed by atoms with E-state index >= 15 is 0 Å². The summed E-state index contributed by atoms with van der Waals surface area (Å²) in [5, 5.41) is 9.34. The number of rotatable bonds is 4. The van der Waals surface area contributed by atoms with Crippen molar-refractivity contribution in [3.63, 3.8) is 0 Å². The van der Waals surface area contributed by atoms with Crippen LogP contribution < -0.4 is 0 Å². The van der Waals surface area contributed by atoms with Gasteiger partial charge in [0.1, 0.15) is 12.1 Å². The maximum Gasteiger partial charge on any atom is 0.309 e. The molecule has 0 saturated carbocycles. The summed E-state index contributed by atoms with van der Waals surface area (Å²) in [7, 11) is 0. The van der Waals surface area contributed by atoms with E-state index in [0.29, 0.717) is 23.8 Å². The number of benzene rings is 1. The van der Waals surface area contributed by atoms with Gasteiger partial charge in [0, 0.05) is 11.5 Å². The van der Waals surface area contributed by atoms with E-state index in [9.17, 15) is 19.1 Å². The number of ether oxygens (including phenoxy) is 1. The van der Waals surface area contributed by atoms with E-state index in [1.165, 1.54) is 18.2 Å². The lowest BCUT2D eigenvalue weighted by molar-refractivity contribution is -0.144. The molecule has 106 valence electrons. The van der Waals surface area contributed by atoms with Crippen LogP contribution in [0.2, 0.25) is 0 Å². The SMILES string of the molecule is O=Cc1ccc(F)cc1C[C@H]1C2CCC(O2)[C@@H]1C(=O)O. The van der Waals surface area contributed by atoms with E-state index in [-0.39, 0.29) is 18.1 Å². The van der Waals surface area contributed by atoms with Crippen molar-refractivity contribution < 1.29 is 23.8 Å². The Bertz CT molecular complexity index is 557. The summed E-state index contributed by atoms with van der Waals surface area (Å²) < 4.78 is 19.0. The lowest BCUT2D eigenvalue weighted by Gasteiger charge is -2.25. The molecule has 5 heteroatoms. The number of hydrogen-bond acceptors (Lipinski definition) is 3. The molecule has 0 aliphatic carbocycles. The number of aldehydes is 1. The molecular weight excluding hydrogens is 263 g/mol. The minimum Gasteiger partial charge on any atom is -0.481 e. The molecule has 4 atom stereocenters. The van der Waals surface area contributed by atoms with Crippen LogP contribution in [-0.4, -0.2) is 29.6 Å². The van der Waals surface area contributed by atoms with Gasteiger partial charge in [-0.3, -0.25) is 9.59 Å². The highest BCUT2D eigenvalue weighted by Crippen LogP contribution is 2.45. The van der Waals surface area contributed by atoms with E-state index in [1.807, 2.05) is 0 Å². The Balaban J connectivity index is 1.88. The van der Waals surface area contributed by atoms with Gasteiger partial charge in [-0.25, -0.2) is 4.39 Å². The molecule has 3 rings (SSSR count). The van der Waals surface area contributed by atoms with Crippen LogP contribution in [0.3, 0.4) is 0 Å². The third kappa shape index (κ3) is 2.12. The molecule has 0 aromatic heterocycles. The molecule has 2 saturated heterocycles. The van der Waals surface area contributed by atoms with Gasteiger partial charge >= 0.3 is 5.97 Å². The van der Waals surface area contributed by atoms with E-state index in [0.717, 1.165) is 12.8 Å². The van der Waals surface area contributed by atoms with Gasteiger partial charge < -0.3 is 9.84 Å². The number of carboxylic acid groups (broad SMARTS) is 1. The van der Waals surface area contributed by atoms with Crippen LogP contribution in [0.15, 0.2) is 18.2 Å². The summed E-state index contributed by atoms with van der Waals surface area (Å²) in [6.07, 6.45) is 2.31. The number of carboxylic acids is 1. The Kier molecular flexibility index (Phi) is 3.30. The maximum absolute atomic E-state index is 13.3. The van der Waals surface area contributed by atoms with Crippen molar-refractivity contribution in [2.24, 2.45) is 11.8 Å². The average Bonchev–Trinajstić information content (AvgIpc) is 2.99. The summed E-state index contributed by atoms with van der Waals surface area (Å²) in [5.74, 6) is -2.03. The van der Waals surface area contributed by atoms with Crippen molar-refractivity contribution in [3.05, 3.63) is 35.1 Å². The van der Waals surface area contributed by atoms with Gasteiger partial charge in [-0.1, -0.05) is 0 Å². The maximum atomic E-state index is 13.3. The molecule has 1 aromatic rings. The van der Waals surface area contributed by atoms with E-state index in [4.69, 9.17) is 4.74 Å². The van der Waals surface area contributed by atoms with Crippen LogP contribution in [0.25, 0.3) is 0 Å². The van der Waals surface area contributed by atoms with Crippen LogP contribution in [0.5, 0.6) is 0 Å². The number of fused-ring (bicyclic) bond motifs is 2. The summed E-state index contributed by atoms with van der Waals surface area (Å²) >= 11 is 0. The van der Waals surface area contributed by atoms with E-state index in [2.05, 4.69) is 0 Å². The molecule has 2 heterocycles. The Morgan fingerprint density at radius 3 is 2.85 bits per heavy atom. The first-order valence-electron chi connectivity index (χ1n) is 6.72. The zero-order valence-corrected chi connectivity index (χ0v) is 10.8. The zero-order chi connectivity index (χ0) is 14.3. The van der Waals surface area contributed by atoms with Crippen molar-refractivity contribution >= 4 is 12.3 Å². The second-order valence-electron chi connectivity index (χ2n) is 5.48.